The Bertz CT molecular complexity index is 896. The quantitative estimate of drug-likeness (QED) is 0.499. The first-order valence-corrected chi connectivity index (χ1v) is 14.2. The second kappa shape index (κ2) is 12.6. The summed E-state index contributed by atoms with van der Waals surface area (Å²) in [7, 11) is 0. The van der Waals surface area contributed by atoms with Gasteiger partial charge in [-0.2, -0.15) is 0 Å². The molecule has 3 fully saturated rings. The predicted molar refractivity (Wildman–Crippen MR) is 146 cm³/mol. The van der Waals surface area contributed by atoms with E-state index in [0.717, 1.165) is 82.7 Å². The summed E-state index contributed by atoms with van der Waals surface area (Å²) in [5.74, 6) is 0.689. The fourth-order valence-corrected chi connectivity index (χ4v) is 7.05. The molecule has 1 aromatic rings. The minimum absolute atomic E-state index is 0. The van der Waals surface area contributed by atoms with E-state index in [4.69, 9.17) is 5.11 Å². The average Bonchev–Trinajstić information content (AvgIpc) is 3.14. The Kier molecular flexibility index (Phi) is 9.57. The minimum Gasteiger partial charge on any atom is -0.481 e. The first kappa shape index (κ1) is 27.3. The second-order valence-electron chi connectivity index (χ2n) is 11.5. The third-order valence-electron chi connectivity index (χ3n) is 9.20. The van der Waals surface area contributed by atoms with Crippen molar-refractivity contribution in [2.75, 3.05) is 37.6 Å². The van der Waals surface area contributed by atoms with Crippen LogP contribution in [0.15, 0.2) is 18.2 Å². The predicted octanol–water partition coefficient (Wildman–Crippen LogP) is 5.75. The molecule has 0 radical (unpaired) electrons. The highest BCUT2D eigenvalue weighted by molar-refractivity contribution is 5.94. The summed E-state index contributed by atoms with van der Waals surface area (Å²) in [6.45, 7) is 5.13. The van der Waals surface area contributed by atoms with Crippen LogP contribution in [0.25, 0.3) is 0 Å². The summed E-state index contributed by atoms with van der Waals surface area (Å²) < 4.78 is 0. The maximum Gasteiger partial charge on any atom is 0.324 e. The molecule has 4 aliphatic rings. The van der Waals surface area contributed by atoms with Crippen molar-refractivity contribution in [2.24, 2.45) is 11.8 Å². The number of amides is 2. The topological polar surface area (TPSA) is 64.1 Å². The number of nitrogens with zero attached hydrogens (tertiary/aromatic N) is 3. The fourth-order valence-electron chi connectivity index (χ4n) is 7.05. The van der Waals surface area contributed by atoms with E-state index in [0.29, 0.717) is 12.0 Å². The van der Waals surface area contributed by atoms with Gasteiger partial charge in [0.15, 0.2) is 0 Å². The number of halogens is 1. The first-order chi connectivity index (χ1) is 17.1. The summed E-state index contributed by atoms with van der Waals surface area (Å²) >= 11 is 0. The SMILES string of the molecule is Cl.O=C(O)CCC1CCC(N2CCN(c3ccc4c(c3)CCN(CC3CCCCC3)CC4)C2=O)CC1. The molecule has 0 aromatic heterocycles. The Morgan fingerprint density at radius 3 is 2.31 bits per heavy atom. The van der Waals surface area contributed by atoms with Gasteiger partial charge in [-0.1, -0.05) is 25.3 Å². The first-order valence-electron chi connectivity index (χ1n) is 14.2. The molecule has 7 heteroatoms. The van der Waals surface area contributed by atoms with Gasteiger partial charge in [0.25, 0.3) is 0 Å². The van der Waals surface area contributed by atoms with Crippen LogP contribution in [0, 0.1) is 11.8 Å². The van der Waals surface area contributed by atoms with Crippen LogP contribution in [-0.2, 0) is 17.6 Å². The largest absolute Gasteiger partial charge is 0.481 e. The van der Waals surface area contributed by atoms with Crippen molar-refractivity contribution >= 4 is 30.1 Å². The molecular formula is C29H44ClN3O3. The monoisotopic (exact) mass is 517 g/mol. The normalized spacial score (nSPS) is 25.8. The summed E-state index contributed by atoms with van der Waals surface area (Å²) in [5.41, 5.74) is 3.95. The molecule has 2 aliphatic heterocycles. The Hall–Kier alpha value is -1.79. The van der Waals surface area contributed by atoms with Crippen molar-refractivity contribution in [1.82, 2.24) is 9.80 Å². The van der Waals surface area contributed by atoms with Crippen molar-refractivity contribution in [1.29, 1.82) is 0 Å². The molecule has 2 amide bonds. The average molecular weight is 518 g/mol. The van der Waals surface area contributed by atoms with Crippen molar-refractivity contribution in [2.45, 2.75) is 89.5 Å². The van der Waals surface area contributed by atoms with E-state index in [-0.39, 0.29) is 24.9 Å². The smallest absolute Gasteiger partial charge is 0.324 e. The van der Waals surface area contributed by atoms with Crippen molar-refractivity contribution in [3.8, 4) is 0 Å². The molecule has 1 aromatic carbocycles. The zero-order chi connectivity index (χ0) is 24.2. The number of hydrogen-bond donors (Lipinski definition) is 1. The molecule has 2 aliphatic carbocycles. The minimum atomic E-state index is -0.699. The number of benzene rings is 1. The van der Waals surface area contributed by atoms with E-state index < -0.39 is 5.97 Å². The van der Waals surface area contributed by atoms with Crippen LogP contribution < -0.4 is 4.90 Å². The van der Waals surface area contributed by atoms with Gasteiger partial charge >= 0.3 is 12.0 Å². The highest BCUT2D eigenvalue weighted by Gasteiger charge is 2.36. The zero-order valence-corrected chi connectivity index (χ0v) is 22.5. The number of carboxylic acid groups (broad SMARTS) is 1. The third kappa shape index (κ3) is 6.55. The lowest BCUT2D eigenvalue weighted by Gasteiger charge is -2.34. The Morgan fingerprint density at radius 2 is 1.58 bits per heavy atom. The van der Waals surface area contributed by atoms with Gasteiger partial charge in [0, 0.05) is 50.9 Å². The van der Waals surface area contributed by atoms with Crippen LogP contribution in [0.5, 0.6) is 0 Å². The maximum absolute atomic E-state index is 13.4. The molecule has 0 spiro atoms. The molecule has 36 heavy (non-hydrogen) atoms. The van der Waals surface area contributed by atoms with E-state index in [2.05, 4.69) is 28.0 Å². The number of urea groups is 1. The summed E-state index contributed by atoms with van der Waals surface area (Å²) in [5, 5.41) is 8.95. The molecule has 6 nitrogen and oxygen atoms in total. The Balaban J connectivity index is 0.00000304. The van der Waals surface area contributed by atoms with Gasteiger partial charge in [-0.25, -0.2) is 4.79 Å². The molecule has 5 rings (SSSR count). The van der Waals surface area contributed by atoms with E-state index in [1.807, 2.05) is 4.90 Å². The van der Waals surface area contributed by atoms with Crippen LogP contribution in [0.3, 0.4) is 0 Å². The van der Waals surface area contributed by atoms with Crippen LogP contribution in [0.4, 0.5) is 10.5 Å². The van der Waals surface area contributed by atoms with Crippen molar-refractivity contribution < 1.29 is 14.7 Å². The molecule has 2 heterocycles. The molecule has 1 saturated heterocycles. The molecule has 200 valence electrons. The van der Waals surface area contributed by atoms with E-state index in [1.54, 1.807) is 0 Å². The molecular weight excluding hydrogens is 474 g/mol. The summed E-state index contributed by atoms with van der Waals surface area (Å²) in [6, 6.07) is 7.20. The highest BCUT2D eigenvalue weighted by atomic mass is 35.5. The number of hydrogen-bond acceptors (Lipinski definition) is 3. The Labute approximate surface area is 222 Å². The standard InChI is InChI=1S/C29H43N3O3.ClH/c33-28(34)13-8-22-6-10-26(11-7-22)31-18-19-32(29(31)35)27-12-9-24-14-16-30(17-15-25(24)20-27)21-23-4-2-1-3-5-23;/h9,12,20,22-23,26H,1-8,10-11,13-19,21H2,(H,33,34);1H. The number of aliphatic carboxylic acids is 1. The van der Waals surface area contributed by atoms with Gasteiger partial charge in [0.2, 0.25) is 0 Å². The Morgan fingerprint density at radius 1 is 0.861 bits per heavy atom. The zero-order valence-electron chi connectivity index (χ0n) is 21.7. The third-order valence-corrected chi connectivity index (χ3v) is 9.20. The van der Waals surface area contributed by atoms with Crippen molar-refractivity contribution in [3.63, 3.8) is 0 Å². The maximum atomic E-state index is 13.4. The van der Waals surface area contributed by atoms with Crippen molar-refractivity contribution in [3.05, 3.63) is 29.3 Å². The number of rotatable bonds is 7. The molecule has 0 atom stereocenters. The lowest BCUT2D eigenvalue weighted by atomic mass is 9.83. The van der Waals surface area contributed by atoms with Crippen LogP contribution in [0.1, 0.15) is 81.8 Å². The number of carbonyl (C=O) groups is 2. The molecule has 2 saturated carbocycles. The number of carboxylic acids is 1. The lowest BCUT2D eigenvalue weighted by Crippen LogP contribution is -2.41. The number of anilines is 1. The summed E-state index contributed by atoms with van der Waals surface area (Å²) in [4.78, 5) is 31.0. The van der Waals surface area contributed by atoms with Crippen LogP contribution in [-0.4, -0.2) is 65.7 Å². The van der Waals surface area contributed by atoms with Gasteiger partial charge in [0.05, 0.1) is 0 Å². The second-order valence-corrected chi connectivity index (χ2v) is 11.5. The van der Waals surface area contributed by atoms with E-state index >= 15 is 0 Å². The fraction of sp³-hybridized carbons (Fsp3) is 0.724. The number of carbonyl (C=O) groups excluding carboxylic acids is 1. The molecule has 0 bridgehead atoms. The van der Waals surface area contributed by atoms with Gasteiger partial charge < -0.3 is 14.9 Å². The summed E-state index contributed by atoms with van der Waals surface area (Å²) in [6.07, 6.45) is 14.4. The van der Waals surface area contributed by atoms with Gasteiger partial charge in [0.1, 0.15) is 0 Å². The lowest BCUT2D eigenvalue weighted by molar-refractivity contribution is -0.137. The van der Waals surface area contributed by atoms with Gasteiger partial charge in [-0.3, -0.25) is 9.69 Å². The van der Waals surface area contributed by atoms with Gasteiger partial charge in [-0.05, 0) is 92.9 Å². The molecule has 0 unspecified atom stereocenters. The molecule has 1 N–H and O–H groups in total. The van der Waals surface area contributed by atoms with Crippen LogP contribution >= 0.6 is 12.4 Å². The van der Waals surface area contributed by atoms with Crippen LogP contribution in [0.2, 0.25) is 0 Å². The van der Waals surface area contributed by atoms with E-state index in [1.165, 1.54) is 49.8 Å². The highest BCUT2D eigenvalue weighted by Crippen LogP contribution is 2.34. The van der Waals surface area contributed by atoms with E-state index in [9.17, 15) is 9.59 Å². The number of fused-ring (bicyclic) bond motifs is 1. The van der Waals surface area contributed by atoms with Gasteiger partial charge in [-0.15, -0.1) is 12.4 Å².